The van der Waals surface area contributed by atoms with Gasteiger partial charge in [0.2, 0.25) is 0 Å². The average molecular weight is 416 g/mol. The van der Waals surface area contributed by atoms with E-state index in [0.717, 1.165) is 19.4 Å². The van der Waals surface area contributed by atoms with Crippen LogP contribution in [0.15, 0.2) is 0 Å². The number of anilines is 2. The van der Waals surface area contributed by atoms with Crippen molar-refractivity contribution < 1.29 is 14.3 Å². The number of nitrogens with two attached hydrogens (primary N) is 2. The molecule has 1 aromatic heterocycles. The molecule has 0 saturated carbocycles. The number of nitrogen functional groups attached to an aromatic ring is 2. The summed E-state index contributed by atoms with van der Waals surface area (Å²) in [5, 5.41) is 5.38. The van der Waals surface area contributed by atoms with Crippen LogP contribution in [0.1, 0.15) is 44.1 Å². The first-order valence-corrected chi connectivity index (χ1v) is 9.39. The van der Waals surface area contributed by atoms with Crippen molar-refractivity contribution in [2.75, 3.05) is 44.7 Å². The fraction of sp³-hybridized carbons (Fsp3) is 0.647. The first-order chi connectivity index (χ1) is 13.0. The molecule has 28 heavy (non-hydrogen) atoms. The molecule has 2 amide bonds. The zero-order valence-electron chi connectivity index (χ0n) is 16.8. The van der Waals surface area contributed by atoms with Crippen molar-refractivity contribution >= 4 is 35.2 Å². The zero-order chi connectivity index (χ0) is 21.3. The summed E-state index contributed by atoms with van der Waals surface area (Å²) >= 11 is 5.77. The van der Waals surface area contributed by atoms with Gasteiger partial charge in [-0.1, -0.05) is 11.6 Å². The van der Waals surface area contributed by atoms with E-state index in [9.17, 15) is 9.59 Å². The maximum absolute atomic E-state index is 12.1. The van der Waals surface area contributed by atoms with E-state index in [1.54, 1.807) is 0 Å². The predicted octanol–water partition coefficient (Wildman–Crippen LogP) is 1.26. The Labute approximate surface area is 170 Å². The molecular weight excluding hydrogens is 386 g/mol. The van der Waals surface area contributed by atoms with Crippen LogP contribution >= 0.6 is 11.6 Å². The molecule has 0 aliphatic rings. The van der Waals surface area contributed by atoms with Gasteiger partial charge in [0.25, 0.3) is 5.91 Å². The van der Waals surface area contributed by atoms with E-state index in [-0.39, 0.29) is 22.5 Å². The molecule has 0 aromatic carbocycles. The second kappa shape index (κ2) is 10.9. The number of alkyl carbamates (subject to hydrolysis) is 1. The molecule has 0 unspecified atom stereocenters. The second-order valence-electron chi connectivity index (χ2n) is 7.33. The van der Waals surface area contributed by atoms with E-state index in [2.05, 4.69) is 25.5 Å². The van der Waals surface area contributed by atoms with Crippen molar-refractivity contribution in [2.45, 2.75) is 39.2 Å². The molecule has 0 aliphatic heterocycles. The van der Waals surface area contributed by atoms with Crippen LogP contribution in [0.25, 0.3) is 0 Å². The number of amides is 2. The number of hydrogen-bond donors (Lipinski definition) is 4. The summed E-state index contributed by atoms with van der Waals surface area (Å²) in [5.74, 6) is -0.538. The molecule has 0 spiro atoms. The number of carbonyl (C=O) groups excluding carboxylic acids is 2. The van der Waals surface area contributed by atoms with Gasteiger partial charge in [-0.25, -0.2) is 14.8 Å². The number of halogens is 1. The van der Waals surface area contributed by atoms with Gasteiger partial charge in [-0.05, 0) is 47.2 Å². The van der Waals surface area contributed by atoms with Gasteiger partial charge in [0.15, 0.2) is 22.5 Å². The normalized spacial score (nSPS) is 11.4. The lowest BCUT2D eigenvalue weighted by molar-refractivity contribution is 0.0526. The third-order valence-electron chi connectivity index (χ3n) is 3.53. The molecule has 6 N–H and O–H groups in total. The third kappa shape index (κ3) is 9.05. The van der Waals surface area contributed by atoms with E-state index < -0.39 is 17.6 Å². The zero-order valence-corrected chi connectivity index (χ0v) is 17.6. The van der Waals surface area contributed by atoms with E-state index in [4.69, 9.17) is 27.8 Å². The van der Waals surface area contributed by atoms with Gasteiger partial charge < -0.3 is 31.7 Å². The number of aromatic nitrogens is 2. The molecule has 0 bridgehead atoms. The Balaban J connectivity index is 2.20. The summed E-state index contributed by atoms with van der Waals surface area (Å²) in [4.78, 5) is 33.3. The largest absolute Gasteiger partial charge is 0.444 e. The molecule has 0 saturated heterocycles. The van der Waals surface area contributed by atoms with Gasteiger partial charge in [0.05, 0.1) is 0 Å². The number of nitrogens with zero attached hydrogens (tertiary/aromatic N) is 3. The molecule has 158 valence electrons. The lowest BCUT2D eigenvalue weighted by Crippen LogP contribution is -2.35. The topological polar surface area (TPSA) is 148 Å². The Morgan fingerprint density at radius 3 is 2.39 bits per heavy atom. The number of likely N-dealkylation sites (N-methyl/N-ethyl adjacent to an activating group) is 1. The maximum atomic E-state index is 12.1. The first-order valence-electron chi connectivity index (χ1n) is 9.01. The van der Waals surface area contributed by atoms with Crippen molar-refractivity contribution in [1.82, 2.24) is 25.5 Å². The molecule has 10 nitrogen and oxygen atoms in total. The number of carbonyl (C=O) groups is 2. The molecule has 1 heterocycles. The smallest absolute Gasteiger partial charge is 0.407 e. The van der Waals surface area contributed by atoms with Crippen molar-refractivity contribution in [3.8, 4) is 0 Å². The maximum Gasteiger partial charge on any atom is 0.407 e. The van der Waals surface area contributed by atoms with Crippen LogP contribution < -0.4 is 22.1 Å². The van der Waals surface area contributed by atoms with Crippen LogP contribution in [0.4, 0.5) is 16.4 Å². The van der Waals surface area contributed by atoms with Crippen LogP contribution in [-0.4, -0.2) is 65.7 Å². The standard InChI is InChI=1S/C17H30ClN7O3/c1-17(2,3)28-16(27)22-7-5-6-9-25(4)10-8-21-15(26)11-13(19)24-14(20)12(18)23-11/h5-10H2,1-4H3,(H,21,26)(H,22,27)(H4,19,20,24). The van der Waals surface area contributed by atoms with Crippen LogP contribution in [0.2, 0.25) is 5.15 Å². The highest BCUT2D eigenvalue weighted by Crippen LogP contribution is 2.17. The third-order valence-corrected chi connectivity index (χ3v) is 3.81. The monoisotopic (exact) mass is 415 g/mol. The molecule has 0 atom stereocenters. The SMILES string of the molecule is CN(CCCCNC(=O)OC(C)(C)C)CCNC(=O)c1nc(Cl)c(N)nc1N. The minimum absolute atomic E-state index is 0.0170. The second-order valence-corrected chi connectivity index (χ2v) is 7.69. The molecule has 1 aromatic rings. The van der Waals surface area contributed by atoms with Crippen LogP contribution in [-0.2, 0) is 4.74 Å². The van der Waals surface area contributed by atoms with Crippen LogP contribution in [0, 0.1) is 0 Å². The number of unbranched alkanes of at least 4 members (excludes halogenated alkanes) is 1. The quantitative estimate of drug-likeness (QED) is 0.440. The van der Waals surface area contributed by atoms with Gasteiger partial charge in [0.1, 0.15) is 5.60 Å². The van der Waals surface area contributed by atoms with Crippen molar-refractivity contribution in [2.24, 2.45) is 0 Å². The van der Waals surface area contributed by atoms with Crippen molar-refractivity contribution in [3.63, 3.8) is 0 Å². The Kier molecular flexibility index (Phi) is 9.20. The summed E-state index contributed by atoms with van der Waals surface area (Å²) < 4.78 is 5.17. The molecule has 0 aliphatic carbocycles. The van der Waals surface area contributed by atoms with E-state index in [1.807, 2.05) is 27.8 Å². The van der Waals surface area contributed by atoms with Gasteiger partial charge in [-0.3, -0.25) is 4.79 Å². The lowest BCUT2D eigenvalue weighted by Gasteiger charge is -2.20. The van der Waals surface area contributed by atoms with Crippen molar-refractivity contribution in [1.29, 1.82) is 0 Å². The Bertz CT molecular complexity index is 679. The first kappa shape index (κ1) is 23.7. The summed E-state index contributed by atoms with van der Waals surface area (Å²) in [6.45, 7) is 7.89. The Morgan fingerprint density at radius 2 is 1.75 bits per heavy atom. The number of nitrogens with one attached hydrogen (secondary N) is 2. The van der Waals surface area contributed by atoms with Gasteiger partial charge in [-0.15, -0.1) is 0 Å². The molecule has 0 radical (unpaired) electrons. The van der Waals surface area contributed by atoms with Crippen molar-refractivity contribution in [3.05, 3.63) is 10.8 Å². The highest BCUT2D eigenvalue weighted by atomic mass is 35.5. The van der Waals surface area contributed by atoms with Gasteiger partial charge in [0, 0.05) is 19.6 Å². The van der Waals surface area contributed by atoms with E-state index >= 15 is 0 Å². The highest BCUT2D eigenvalue weighted by Gasteiger charge is 2.16. The molecule has 11 heteroatoms. The Hall–Kier alpha value is -2.33. The summed E-state index contributed by atoms with van der Waals surface area (Å²) in [7, 11) is 1.95. The summed E-state index contributed by atoms with van der Waals surface area (Å²) in [6.07, 6.45) is 1.31. The molecular formula is C17H30ClN7O3. The predicted molar refractivity (Wildman–Crippen MR) is 109 cm³/mol. The summed E-state index contributed by atoms with van der Waals surface area (Å²) in [6, 6.07) is 0. The fourth-order valence-electron chi connectivity index (χ4n) is 2.18. The van der Waals surface area contributed by atoms with Gasteiger partial charge in [-0.2, -0.15) is 0 Å². The fourth-order valence-corrected chi connectivity index (χ4v) is 2.30. The number of hydrogen-bond acceptors (Lipinski definition) is 8. The number of ether oxygens (including phenoxy) is 1. The lowest BCUT2D eigenvalue weighted by atomic mass is 10.2. The minimum Gasteiger partial charge on any atom is -0.444 e. The Morgan fingerprint density at radius 1 is 1.07 bits per heavy atom. The summed E-state index contributed by atoms with van der Waals surface area (Å²) in [5.41, 5.74) is 10.6. The highest BCUT2D eigenvalue weighted by molar-refractivity contribution is 6.31. The average Bonchev–Trinajstić information content (AvgIpc) is 2.56. The molecule has 1 rings (SSSR count). The van der Waals surface area contributed by atoms with Crippen LogP contribution in [0.3, 0.4) is 0 Å². The number of rotatable bonds is 9. The molecule has 0 fully saturated rings. The van der Waals surface area contributed by atoms with E-state index in [1.165, 1.54) is 0 Å². The van der Waals surface area contributed by atoms with Crippen LogP contribution in [0.5, 0.6) is 0 Å². The minimum atomic E-state index is -0.497. The van der Waals surface area contributed by atoms with E-state index in [0.29, 0.717) is 19.6 Å². The van der Waals surface area contributed by atoms with Gasteiger partial charge >= 0.3 is 6.09 Å².